The average Bonchev–Trinajstić information content (AvgIpc) is 2.84. The molecule has 0 bridgehead atoms. The summed E-state index contributed by atoms with van der Waals surface area (Å²) in [5, 5.41) is 8.97. The minimum atomic E-state index is -0.141. The van der Waals surface area contributed by atoms with Gasteiger partial charge in [0.05, 0.1) is 5.52 Å². The maximum absolute atomic E-state index is 12.4. The van der Waals surface area contributed by atoms with Crippen LogP contribution in [0, 0.1) is 5.92 Å². The molecule has 0 spiro atoms. The number of rotatable bonds is 4. The Hall–Kier alpha value is -1.73. The van der Waals surface area contributed by atoms with Gasteiger partial charge >= 0.3 is 4.87 Å². The SMILES string of the molecule is O=C(Cn1c(=O)sc2ncccc21)N1CCC(CCO)CC1. The lowest BCUT2D eigenvalue weighted by atomic mass is 9.94. The van der Waals surface area contributed by atoms with Gasteiger partial charge in [-0.2, -0.15) is 0 Å². The number of nitrogens with zero attached hydrogens (tertiary/aromatic N) is 3. The number of thiazole rings is 1. The van der Waals surface area contributed by atoms with E-state index in [0.717, 1.165) is 36.1 Å². The first-order valence-electron chi connectivity index (χ1n) is 7.52. The first-order valence-corrected chi connectivity index (χ1v) is 8.33. The lowest BCUT2D eigenvalue weighted by molar-refractivity contribution is -0.133. The summed E-state index contributed by atoms with van der Waals surface area (Å²) in [6.07, 6.45) is 4.30. The Kier molecular flexibility index (Phi) is 4.54. The van der Waals surface area contributed by atoms with Gasteiger partial charge < -0.3 is 10.0 Å². The summed E-state index contributed by atoms with van der Waals surface area (Å²) < 4.78 is 1.51. The molecular weight excluding hydrogens is 302 g/mol. The van der Waals surface area contributed by atoms with Gasteiger partial charge in [0.2, 0.25) is 5.91 Å². The molecule has 0 saturated carbocycles. The zero-order valence-electron chi connectivity index (χ0n) is 12.3. The van der Waals surface area contributed by atoms with Crippen molar-refractivity contribution in [2.75, 3.05) is 19.7 Å². The number of carbonyl (C=O) groups excluding carboxylic acids is 1. The predicted octanol–water partition coefficient (Wildman–Crippen LogP) is 1.08. The standard InChI is InChI=1S/C15H19N3O3S/c19-9-5-11-3-7-17(8-4-11)13(20)10-18-12-2-1-6-16-14(12)22-15(18)21/h1-2,6,11,19H,3-5,7-10H2. The average molecular weight is 321 g/mol. The van der Waals surface area contributed by atoms with E-state index in [2.05, 4.69) is 4.98 Å². The van der Waals surface area contributed by atoms with E-state index < -0.39 is 0 Å². The minimum absolute atomic E-state index is 0.0203. The number of carbonyl (C=O) groups is 1. The van der Waals surface area contributed by atoms with Gasteiger partial charge in [0, 0.05) is 25.9 Å². The van der Waals surface area contributed by atoms with Gasteiger partial charge in [0.25, 0.3) is 0 Å². The maximum Gasteiger partial charge on any atom is 0.310 e. The molecule has 1 aliphatic rings. The number of pyridine rings is 1. The van der Waals surface area contributed by atoms with E-state index in [1.54, 1.807) is 12.3 Å². The number of aliphatic hydroxyl groups is 1. The number of hydrogen-bond acceptors (Lipinski definition) is 5. The molecule has 0 atom stereocenters. The monoisotopic (exact) mass is 321 g/mol. The van der Waals surface area contributed by atoms with Crippen LogP contribution in [0.4, 0.5) is 0 Å². The smallest absolute Gasteiger partial charge is 0.310 e. The molecule has 0 aliphatic carbocycles. The normalized spacial score (nSPS) is 16.3. The fourth-order valence-electron chi connectivity index (χ4n) is 2.94. The molecular formula is C15H19N3O3S. The second-order valence-electron chi connectivity index (χ2n) is 5.62. The van der Waals surface area contributed by atoms with Crippen LogP contribution in [0.2, 0.25) is 0 Å². The Bertz CT molecular complexity index is 716. The van der Waals surface area contributed by atoms with Crippen LogP contribution in [-0.4, -0.2) is 45.2 Å². The van der Waals surface area contributed by atoms with Crippen molar-refractivity contribution < 1.29 is 9.90 Å². The Labute approximate surface area is 132 Å². The van der Waals surface area contributed by atoms with Crippen LogP contribution >= 0.6 is 11.3 Å². The quantitative estimate of drug-likeness (QED) is 0.914. The van der Waals surface area contributed by atoms with E-state index in [-0.39, 0.29) is 23.9 Å². The zero-order chi connectivity index (χ0) is 15.5. The topological polar surface area (TPSA) is 75.4 Å². The molecule has 1 saturated heterocycles. The Balaban J connectivity index is 1.69. The number of aliphatic hydroxyl groups excluding tert-OH is 1. The van der Waals surface area contributed by atoms with Crippen LogP contribution in [0.3, 0.4) is 0 Å². The van der Waals surface area contributed by atoms with Crippen LogP contribution in [-0.2, 0) is 11.3 Å². The second-order valence-corrected chi connectivity index (χ2v) is 6.56. The fraction of sp³-hybridized carbons (Fsp3) is 0.533. The molecule has 1 N–H and O–H groups in total. The van der Waals surface area contributed by atoms with Crippen LogP contribution in [0.15, 0.2) is 23.1 Å². The summed E-state index contributed by atoms with van der Waals surface area (Å²) in [4.78, 5) is 31.0. The van der Waals surface area contributed by atoms with E-state index in [4.69, 9.17) is 5.11 Å². The van der Waals surface area contributed by atoms with Crippen molar-refractivity contribution in [2.45, 2.75) is 25.8 Å². The van der Waals surface area contributed by atoms with Gasteiger partial charge in [-0.15, -0.1) is 0 Å². The molecule has 6 nitrogen and oxygen atoms in total. The number of likely N-dealkylation sites (tertiary alicyclic amines) is 1. The third-order valence-electron chi connectivity index (χ3n) is 4.24. The largest absolute Gasteiger partial charge is 0.396 e. The summed E-state index contributed by atoms with van der Waals surface area (Å²) in [7, 11) is 0. The third-order valence-corrected chi connectivity index (χ3v) is 5.15. The highest BCUT2D eigenvalue weighted by atomic mass is 32.1. The van der Waals surface area contributed by atoms with E-state index in [0.29, 0.717) is 23.8 Å². The molecule has 22 heavy (non-hydrogen) atoms. The lowest BCUT2D eigenvalue weighted by Crippen LogP contribution is -2.41. The van der Waals surface area contributed by atoms with E-state index >= 15 is 0 Å². The van der Waals surface area contributed by atoms with Crippen molar-refractivity contribution in [3.05, 3.63) is 28.0 Å². The van der Waals surface area contributed by atoms with Gasteiger partial charge in [0.1, 0.15) is 11.4 Å². The molecule has 2 aromatic heterocycles. The molecule has 7 heteroatoms. The van der Waals surface area contributed by atoms with Crippen molar-refractivity contribution in [1.82, 2.24) is 14.5 Å². The van der Waals surface area contributed by atoms with Crippen LogP contribution in [0.25, 0.3) is 10.3 Å². The molecule has 3 heterocycles. The number of piperidine rings is 1. The first kappa shape index (κ1) is 15.2. The molecule has 1 amide bonds. The third kappa shape index (κ3) is 3.05. The minimum Gasteiger partial charge on any atom is -0.396 e. The molecule has 1 fully saturated rings. The lowest BCUT2D eigenvalue weighted by Gasteiger charge is -2.31. The highest BCUT2D eigenvalue weighted by Crippen LogP contribution is 2.20. The van der Waals surface area contributed by atoms with Crippen molar-refractivity contribution >= 4 is 27.6 Å². The Morgan fingerprint density at radius 1 is 1.41 bits per heavy atom. The van der Waals surface area contributed by atoms with Gasteiger partial charge in [-0.05, 0) is 37.3 Å². The molecule has 1 aliphatic heterocycles. The summed E-state index contributed by atoms with van der Waals surface area (Å²) in [5.74, 6) is 0.482. The number of fused-ring (bicyclic) bond motifs is 1. The highest BCUT2D eigenvalue weighted by molar-refractivity contribution is 7.16. The van der Waals surface area contributed by atoms with E-state index in [1.807, 2.05) is 11.0 Å². The molecule has 0 aromatic carbocycles. The van der Waals surface area contributed by atoms with E-state index in [9.17, 15) is 9.59 Å². The first-order chi connectivity index (χ1) is 10.7. The summed E-state index contributed by atoms with van der Waals surface area (Å²) >= 11 is 1.07. The number of aromatic nitrogens is 2. The molecule has 3 rings (SSSR count). The van der Waals surface area contributed by atoms with Crippen molar-refractivity contribution in [1.29, 1.82) is 0 Å². The Morgan fingerprint density at radius 3 is 2.91 bits per heavy atom. The van der Waals surface area contributed by atoms with Gasteiger partial charge in [-0.3, -0.25) is 14.2 Å². The predicted molar refractivity (Wildman–Crippen MR) is 84.9 cm³/mol. The van der Waals surface area contributed by atoms with Gasteiger partial charge in [0.15, 0.2) is 0 Å². The van der Waals surface area contributed by atoms with Gasteiger partial charge in [-0.1, -0.05) is 11.3 Å². The van der Waals surface area contributed by atoms with Crippen LogP contribution < -0.4 is 4.87 Å². The maximum atomic E-state index is 12.4. The highest BCUT2D eigenvalue weighted by Gasteiger charge is 2.23. The van der Waals surface area contributed by atoms with Crippen molar-refractivity contribution in [2.24, 2.45) is 5.92 Å². The number of hydrogen-bond donors (Lipinski definition) is 1. The molecule has 0 unspecified atom stereocenters. The molecule has 2 aromatic rings. The summed E-state index contributed by atoms with van der Waals surface area (Å²) in [6.45, 7) is 1.70. The molecule has 0 radical (unpaired) electrons. The number of amides is 1. The Morgan fingerprint density at radius 2 is 2.18 bits per heavy atom. The summed E-state index contributed by atoms with van der Waals surface area (Å²) in [5.41, 5.74) is 0.723. The van der Waals surface area contributed by atoms with Gasteiger partial charge in [-0.25, -0.2) is 4.98 Å². The fourth-order valence-corrected chi connectivity index (χ4v) is 3.78. The van der Waals surface area contributed by atoms with Crippen molar-refractivity contribution in [3.63, 3.8) is 0 Å². The van der Waals surface area contributed by atoms with Crippen molar-refractivity contribution in [3.8, 4) is 0 Å². The summed E-state index contributed by atoms with van der Waals surface area (Å²) in [6, 6.07) is 3.59. The molecule has 118 valence electrons. The second kappa shape index (κ2) is 6.58. The van der Waals surface area contributed by atoms with Crippen LogP contribution in [0.5, 0.6) is 0 Å². The zero-order valence-corrected chi connectivity index (χ0v) is 13.1. The van der Waals surface area contributed by atoms with E-state index in [1.165, 1.54) is 4.57 Å². The van der Waals surface area contributed by atoms with Crippen LogP contribution in [0.1, 0.15) is 19.3 Å².